The van der Waals surface area contributed by atoms with Crippen molar-refractivity contribution < 1.29 is 19.1 Å². The van der Waals surface area contributed by atoms with Crippen LogP contribution in [0.3, 0.4) is 0 Å². The van der Waals surface area contributed by atoms with Gasteiger partial charge in [0.1, 0.15) is 6.61 Å². The van der Waals surface area contributed by atoms with Gasteiger partial charge in [0.2, 0.25) is 0 Å². The number of thioether (sulfide) groups is 1. The Morgan fingerprint density at radius 2 is 1.77 bits per heavy atom. The maximum absolute atomic E-state index is 12.5. The van der Waals surface area contributed by atoms with Crippen LogP contribution in [0.1, 0.15) is 5.56 Å². The van der Waals surface area contributed by atoms with E-state index in [2.05, 4.69) is 0 Å². The van der Waals surface area contributed by atoms with E-state index in [1.54, 1.807) is 49.6 Å². The number of benzene rings is 2. The molecule has 1 aliphatic heterocycles. The summed E-state index contributed by atoms with van der Waals surface area (Å²) < 4.78 is 10.8. The number of nitrogens with zero attached hydrogens (tertiary/aromatic N) is 1. The van der Waals surface area contributed by atoms with Crippen molar-refractivity contribution >= 4 is 40.6 Å². The van der Waals surface area contributed by atoms with Gasteiger partial charge in [-0.25, -0.2) is 0 Å². The largest absolute Gasteiger partial charge is 0.493 e. The van der Waals surface area contributed by atoms with Crippen molar-refractivity contribution in [3.8, 4) is 11.5 Å². The summed E-state index contributed by atoms with van der Waals surface area (Å²) in [6, 6.07) is 14.3. The molecule has 2 aromatic carbocycles. The Labute approximate surface area is 160 Å². The van der Waals surface area contributed by atoms with E-state index in [4.69, 9.17) is 21.1 Å². The zero-order valence-corrected chi connectivity index (χ0v) is 15.5. The van der Waals surface area contributed by atoms with E-state index in [-0.39, 0.29) is 24.3 Å². The Bertz CT molecular complexity index is 851. The van der Waals surface area contributed by atoms with E-state index in [0.717, 1.165) is 17.3 Å². The molecule has 0 N–H and O–H groups in total. The highest BCUT2D eigenvalue weighted by Gasteiger charge is 2.34. The molecule has 0 saturated carbocycles. The van der Waals surface area contributed by atoms with Gasteiger partial charge in [-0.05, 0) is 47.7 Å². The van der Waals surface area contributed by atoms with E-state index in [9.17, 15) is 9.59 Å². The van der Waals surface area contributed by atoms with Crippen LogP contribution in [-0.4, -0.2) is 36.3 Å². The Morgan fingerprint density at radius 3 is 2.46 bits per heavy atom. The Balaban J connectivity index is 1.63. The summed E-state index contributed by atoms with van der Waals surface area (Å²) in [4.78, 5) is 26.2. The highest BCUT2D eigenvalue weighted by molar-refractivity contribution is 8.18. The molecule has 0 atom stereocenters. The summed E-state index contributed by atoms with van der Waals surface area (Å²) in [5, 5.41) is 0.308. The average molecular weight is 390 g/mol. The van der Waals surface area contributed by atoms with Crippen LogP contribution in [0.4, 0.5) is 4.79 Å². The molecule has 0 aliphatic carbocycles. The fourth-order valence-corrected chi connectivity index (χ4v) is 3.38. The van der Waals surface area contributed by atoms with Crippen LogP contribution < -0.4 is 9.47 Å². The summed E-state index contributed by atoms with van der Waals surface area (Å²) >= 11 is 6.77. The maximum Gasteiger partial charge on any atom is 0.293 e. The van der Waals surface area contributed by atoms with Gasteiger partial charge in [0.25, 0.3) is 11.1 Å². The smallest absolute Gasteiger partial charge is 0.293 e. The number of halogens is 1. The van der Waals surface area contributed by atoms with Gasteiger partial charge in [-0.15, -0.1) is 0 Å². The molecule has 0 unspecified atom stereocenters. The van der Waals surface area contributed by atoms with Gasteiger partial charge in [-0.1, -0.05) is 35.9 Å². The van der Waals surface area contributed by atoms with Crippen LogP contribution in [0.25, 0.3) is 6.08 Å². The SMILES string of the molecule is COc1ccccc1OCCN1C(=O)S/C(=C\c2ccc(Cl)cc2)C1=O. The summed E-state index contributed by atoms with van der Waals surface area (Å²) in [6.45, 7) is 0.354. The van der Waals surface area contributed by atoms with Crippen LogP contribution in [0.5, 0.6) is 11.5 Å². The first-order chi connectivity index (χ1) is 12.6. The van der Waals surface area contributed by atoms with Gasteiger partial charge in [0, 0.05) is 5.02 Å². The highest BCUT2D eigenvalue weighted by atomic mass is 35.5. The van der Waals surface area contributed by atoms with Crippen molar-refractivity contribution in [2.75, 3.05) is 20.3 Å². The minimum Gasteiger partial charge on any atom is -0.493 e. The lowest BCUT2D eigenvalue weighted by Crippen LogP contribution is -2.32. The first kappa shape index (κ1) is 18.4. The molecule has 2 aromatic rings. The molecule has 1 aliphatic rings. The number of hydrogen-bond acceptors (Lipinski definition) is 5. The second-order valence-corrected chi connectivity index (χ2v) is 6.81. The molecule has 1 saturated heterocycles. The first-order valence-electron chi connectivity index (χ1n) is 7.85. The van der Waals surface area contributed by atoms with E-state index < -0.39 is 0 Å². The van der Waals surface area contributed by atoms with Crippen molar-refractivity contribution in [3.05, 3.63) is 64.0 Å². The van der Waals surface area contributed by atoms with Crippen molar-refractivity contribution in [1.29, 1.82) is 0 Å². The number of hydrogen-bond donors (Lipinski definition) is 0. The third-order valence-electron chi connectivity index (χ3n) is 3.68. The Morgan fingerprint density at radius 1 is 1.08 bits per heavy atom. The van der Waals surface area contributed by atoms with Crippen LogP contribution in [0.2, 0.25) is 5.02 Å². The van der Waals surface area contributed by atoms with Gasteiger partial charge in [-0.3, -0.25) is 14.5 Å². The molecule has 0 spiro atoms. The number of amides is 2. The molecule has 0 radical (unpaired) electrons. The lowest BCUT2D eigenvalue weighted by Gasteiger charge is -2.14. The molecule has 0 bridgehead atoms. The summed E-state index contributed by atoms with van der Waals surface area (Å²) in [5.74, 6) is 0.849. The topological polar surface area (TPSA) is 55.8 Å². The molecule has 3 rings (SSSR count). The Kier molecular flexibility index (Phi) is 5.85. The fraction of sp³-hybridized carbons (Fsp3) is 0.158. The first-order valence-corrected chi connectivity index (χ1v) is 9.04. The van der Waals surface area contributed by atoms with Crippen LogP contribution in [0, 0.1) is 0 Å². The molecular formula is C19H16ClNO4S. The summed E-state index contributed by atoms with van der Waals surface area (Å²) in [6.07, 6.45) is 1.68. The van der Waals surface area contributed by atoms with Crippen LogP contribution >= 0.6 is 23.4 Å². The van der Waals surface area contributed by atoms with Crippen molar-refractivity contribution in [1.82, 2.24) is 4.90 Å². The van der Waals surface area contributed by atoms with E-state index in [1.807, 2.05) is 12.1 Å². The van der Waals surface area contributed by atoms with Crippen molar-refractivity contribution in [2.45, 2.75) is 0 Å². The predicted molar refractivity (Wildman–Crippen MR) is 103 cm³/mol. The number of para-hydroxylation sites is 2. The average Bonchev–Trinajstić information content (AvgIpc) is 2.91. The third-order valence-corrected chi connectivity index (χ3v) is 4.84. The van der Waals surface area contributed by atoms with E-state index >= 15 is 0 Å². The monoisotopic (exact) mass is 389 g/mol. The lowest BCUT2D eigenvalue weighted by molar-refractivity contribution is -0.123. The second-order valence-electron chi connectivity index (χ2n) is 5.38. The number of imide groups is 1. The zero-order chi connectivity index (χ0) is 18.5. The molecule has 7 heteroatoms. The fourth-order valence-electron chi connectivity index (χ4n) is 2.39. The molecular weight excluding hydrogens is 374 g/mol. The predicted octanol–water partition coefficient (Wildman–Crippen LogP) is 4.46. The maximum atomic E-state index is 12.5. The second kappa shape index (κ2) is 8.29. The van der Waals surface area contributed by atoms with E-state index in [0.29, 0.717) is 21.4 Å². The Hall–Kier alpha value is -2.44. The molecule has 5 nitrogen and oxygen atoms in total. The molecule has 1 fully saturated rings. The van der Waals surface area contributed by atoms with Crippen LogP contribution in [-0.2, 0) is 4.79 Å². The molecule has 134 valence electrons. The number of carbonyl (C=O) groups is 2. The van der Waals surface area contributed by atoms with Gasteiger partial charge in [-0.2, -0.15) is 0 Å². The number of methoxy groups -OCH3 is 1. The van der Waals surface area contributed by atoms with Crippen LogP contribution in [0.15, 0.2) is 53.4 Å². The van der Waals surface area contributed by atoms with Gasteiger partial charge >= 0.3 is 0 Å². The number of rotatable bonds is 6. The standard InChI is InChI=1S/C19H16ClNO4S/c1-24-15-4-2-3-5-16(15)25-11-10-21-18(22)17(26-19(21)23)12-13-6-8-14(20)9-7-13/h2-9,12H,10-11H2,1H3/b17-12-. The van der Waals surface area contributed by atoms with Crippen molar-refractivity contribution in [3.63, 3.8) is 0 Å². The molecule has 0 aromatic heterocycles. The normalized spacial score (nSPS) is 15.6. The minimum absolute atomic E-state index is 0.167. The van der Waals surface area contributed by atoms with Gasteiger partial charge < -0.3 is 9.47 Å². The highest BCUT2D eigenvalue weighted by Crippen LogP contribution is 2.32. The van der Waals surface area contributed by atoms with Gasteiger partial charge in [0.15, 0.2) is 11.5 Å². The van der Waals surface area contributed by atoms with E-state index in [1.165, 1.54) is 4.90 Å². The third kappa shape index (κ3) is 4.20. The zero-order valence-electron chi connectivity index (χ0n) is 14.0. The number of ether oxygens (including phenoxy) is 2. The minimum atomic E-state index is -0.321. The van der Waals surface area contributed by atoms with Gasteiger partial charge in [0.05, 0.1) is 18.6 Å². The van der Waals surface area contributed by atoms with Crippen molar-refractivity contribution in [2.24, 2.45) is 0 Å². The quantitative estimate of drug-likeness (QED) is 0.682. The molecule has 26 heavy (non-hydrogen) atoms. The number of carbonyl (C=O) groups excluding carboxylic acids is 2. The molecule has 2 amide bonds. The summed E-state index contributed by atoms with van der Waals surface area (Å²) in [5.41, 5.74) is 0.810. The summed E-state index contributed by atoms with van der Waals surface area (Å²) in [7, 11) is 1.56. The molecule has 1 heterocycles. The lowest BCUT2D eigenvalue weighted by atomic mass is 10.2.